The summed E-state index contributed by atoms with van der Waals surface area (Å²) < 4.78 is 0. The lowest BCUT2D eigenvalue weighted by Crippen LogP contribution is -2.36. The van der Waals surface area contributed by atoms with Crippen molar-refractivity contribution in [1.82, 2.24) is 9.97 Å². The van der Waals surface area contributed by atoms with Crippen LogP contribution in [0.3, 0.4) is 0 Å². The van der Waals surface area contributed by atoms with Gasteiger partial charge < -0.3 is 5.32 Å². The fourth-order valence-electron chi connectivity index (χ4n) is 1.67. The van der Waals surface area contributed by atoms with E-state index in [-0.39, 0.29) is 5.54 Å². The van der Waals surface area contributed by atoms with E-state index in [1.807, 2.05) is 0 Å². The largest absolute Gasteiger partial charge is 0.362 e. The zero-order valence-electron chi connectivity index (χ0n) is 9.55. The summed E-state index contributed by atoms with van der Waals surface area (Å²) in [6.45, 7) is 6.51. The molecule has 0 saturated heterocycles. The molecule has 0 unspecified atom stereocenters. The van der Waals surface area contributed by atoms with Crippen LogP contribution in [-0.2, 0) is 0 Å². The molecule has 0 aliphatic heterocycles. The number of nitrogens with zero attached hydrogens (tertiary/aromatic N) is 2. The van der Waals surface area contributed by atoms with Gasteiger partial charge >= 0.3 is 0 Å². The third-order valence-corrected chi connectivity index (χ3v) is 3.34. The van der Waals surface area contributed by atoms with Crippen LogP contribution >= 0.6 is 11.6 Å². The lowest BCUT2D eigenvalue weighted by molar-refractivity contribution is 0.419. The average molecular weight is 228 g/mol. The van der Waals surface area contributed by atoms with Crippen LogP contribution in [0.5, 0.6) is 0 Å². The van der Waals surface area contributed by atoms with E-state index in [9.17, 15) is 0 Å². The van der Waals surface area contributed by atoms with Crippen LogP contribution in [0.1, 0.15) is 40.0 Å². The number of nitrogens with one attached hydrogen (secondary N) is 1. The average Bonchev–Trinajstić information content (AvgIpc) is 2.29. The molecule has 1 heterocycles. The molecule has 0 atom stereocenters. The van der Waals surface area contributed by atoms with Gasteiger partial charge in [0, 0.05) is 17.9 Å². The molecule has 1 rings (SSSR count). The zero-order valence-corrected chi connectivity index (χ0v) is 10.3. The summed E-state index contributed by atoms with van der Waals surface area (Å²) >= 11 is 5.97. The molecule has 84 valence electrons. The Morgan fingerprint density at radius 3 is 2.13 bits per heavy atom. The Balaban J connectivity index is 2.88. The van der Waals surface area contributed by atoms with Crippen molar-refractivity contribution in [1.29, 1.82) is 0 Å². The number of aromatic nitrogens is 2. The van der Waals surface area contributed by atoms with Crippen LogP contribution in [0.15, 0.2) is 12.4 Å². The van der Waals surface area contributed by atoms with E-state index < -0.39 is 0 Å². The van der Waals surface area contributed by atoms with Gasteiger partial charge in [-0.3, -0.25) is 0 Å². The maximum atomic E-state index is 5.97. The Kier molecular flexibility index (Phi) is 4.33. The lowest BCUT2D eigenvalue weighted by Gasteiger charge is -2.32. The predicted molar refractivity (Wildman–Crippen MR) is 64.3 cm³/mol. The molecule has 0 saturated carbocycles. The fourth-order valence-corrected chi connectivity index (χ4v) is 1.82. The second-order valence-electron chi connectivity index (χ2n) is 3.66. The lowest BCUT2D eigenvalue weighted by atomic mass is 9.90. The molecule has 0 aliphatic rings. The Bertz CT molecular complexity index is 302. The maximum absolute atomic E-state index is 5.97. The Morgan fingerprint density at radius 1 is 1.13 bits per heavy atom. The van der Waals surface area contributed by atoms with Gasteiger partial charge in [0.2, 0.25) is 0 Å². The van der Waals surface area contributed by atoms with E-state index in [1.165, 1.54) is 0 Å². The Labute approximate surface area is 96.3 Å². The molecular formula is C11H18ClN3. The van der Waals surface area contributed by atoms with E-state index in [2.05, 4.69) is 36.1 Å². The van der Waals surface area contributed by atoms with Gasteiger partial charge in [-0.15, -0.1) is 0 Å². The van der Waals surface area contributed by atoms with Crippen LogP contribution < -0.4 is 5.32 Å². The molecule has 0 bridgehead atoms. The van der Waals surface area contributed by atoms with Gasteiger partial charge in [-0.2, -0.15) is 0 Å². The van der Waals surface area contributed by atoms with E-state index in [0.29, 0.717) is 11.0 Å². The Hall–Kier alpha value is -0.830. The number of anilines is 1. The van der Waals surface area contributed by atoms with Crippen LogP contribution in [0.2, 0.25) is 5.15 Å². The quantitative estimate of drug-likeness (QED) is 0.837. The van der Waals surface area contributed by atoms with Crippen molar-refractivity contribution in [3.8, 4) is 0 Å². The van der Waals surface area contributed by atoms with Crippen molar-refractivity contribution in [3.63, 3.8) is 0 Å². The molecule has 0 amide bonds. The summed E-state index contributed by atoms with van der Waals surface area (Å²) in [5.41, 5.74) is 0.0830. The van der Waals surface area contributed by atoms with Crippen molar-refractivity contribution < 1.29 is 0 Å². The highest BCUT2D eigenvalue weighted by atomic mass is 35.5. The van der Waals surface area contributed by atoms with Crippen molar-refractivity contribution in [2.24, 2.45) is 0 Å². The minimum atomic E-state index is 0.0830. The molecule has 4 heteroatoms. The number of rotatable bonds is 5. The minimum Gasteiger partial charge on any atom is -0.362 e. The molecule has 0 aliphatic carbocycles. The van der Waals surface area contributed by atoms with Crippen molar-refractivity contribution in [3.05, 3.63) is 17.5 Å². The molecule has 0 fully saturated rings. The third kappa shape index (κ3) is 2.81. The van der Waals surface area contributed by atoms with Crippen LogP contribution in [0, 0.1) is 0 Å². The van der Waals surface area contributed by atoms with Gasteiger partial charge in [0.1, 0.15) is 0 Å². The van der Waals surface area contributed by atoms with Crippen LogP contribution in [-0.4, -0.2) is 15.5 Å². The van der Waals surface area contributed by atoms with Gasteiger partial charge in [-0.05, 0) is 19.3 Å². The highest BCUT2D eigenvalue weighted by Crippen LogP contribution is 2.27. The summed E-state index contributed by atoms with van der Waals surface area (Å²) in [4.78, 5) is 8.21. The third-order valence-electron chi connectivity index (χ3n) is 3.07. The van der Waals surface area contributed by atoms with Gasteiger partial charge in [0.05, 0.1) is 0 Å². The van der Waals surface area contributed by atoms with Gasteiger partial charge in [0.25, 0.3) is 0 Å². The molecule has 0 aromatic carbocycles. The zero-order chi connectivity index (χ0) is 11.3. The molecule has 0 radical (unpaired) electrons. The number of hydrogen-bond acceptors (Lipinski definition) is 3. The first-order chi connectivity index (χ1) is 7.17. The highest BCUT2D eigenvalue weighted by molar-refractivity contribution is 6.31. The molecule has 0 spiro atoms. The van der Waals surface area contributed by atoms with Crippen molar-refractivity contribution >= 4 is 17.4 Å². The fraction of sp³-hybridized carbons (Fsp3) is 0.636. The van der Waals surface area contributed by atoms with E-state index in [4.69, 9.17) is 11.6 Å². The predicted octanol–water partition coefficient (Wildman–Crippen LogP) is 3.51. The highest BCUT2D eigenvalue weighted by Gasteiger charge is 2.24. The van der Waals surface area contributed by atoms with Gasteiger partial charge in [-0.25, -0.2) is 9.97 Å². The van der Waals surface area contributed by atoms with Crippen LogP contribution in [0.4, 0.5) is 5.82 Å². The Morgan fingerprint density at radius 2 is 1.67 bits per heavy atom. The van der Waals surface area contributed by atoms with Gasteiger partial charge in [0.15, 0.2) is 11.0 Å². The summed E-state index contributed by atoms with van der Waals surface area (Å²) in [5, 5.41) is 3.85. The number of halogens is 1. The molecule has 1 aromatic rings. The minimum absolute atomic E-state index is 0.0830. The summed E-state index contributed by atoms with van der Waals surface area (Å²) in [6, 6.07) is 0. The molecule has 15 heavy (non-hydrogen) atoms. The normalized spacial score (nSPS) is 11.5. The first-order valence-corrected chi connectivity index (χ1v) is 5.80. The summed E-state index contributed by atoms with van der Waals surface area (Å²) in [7, 11) is 0. The second kappa shape index (κ2) is 5.31. The molecule has 1 aromatic heterocycles. The van der Waals surface area contributed by atoms with Gasteiger partial charge in [-0.1, -0.05) is 32.4 Å². The monoisotopic (exact) mass is 227 g/mol. The molecular weight excluding hydrogens is 210 g/mol. The van der Waals surface area contributed by atoms with Crippen molar-refractivity contribution in [2.75, 3.05) is 5.32 Å². The van der Waals surface area contributed by atoms with Crippen molar-refractivity contribution in [2.45, 2.75) is 45.6 Å². The van der Waals surface area contributed by atoms with Crippen LogP contribution in [0.25, 0.3) is 0 Å². The molecule has 3 nitrogen and oxygen atoms in total. The summed E-state index contributed by atoms with van der Waals surface area (Å²) in [6.07, 6.45) is 6.39. The second-order valence-corrected chi connectivity index (χ2v) is 4.02. The topological polar surface area (TPSA) is 37.8 Å². The summed E-state index contributed by atoms with van der Waals surface area (Å²) in [5.74, 6) is 0.685. The SMILES string of the molecule is CCC(CC)(CC)Nc1nccnc1Cl. The molecule has 1 N–H and O–H groups in total. The van der Waals surface area contributed by atoms with E-state index in [0.717, 1.165) is 19.3 Å². The van der Waals surface area contributed by atoms with E-state index >= 15 is 0 Å². The first kappa shape index (κ1) is 12.2. The smallest absolute Gasteiger partial charge is 0.171 e. The maximum Gasteiger partial charge on any atom is 0.171 e. The van der Waals surface area contributed by atoms with E-state index in [1.54, 1.807) is 12.4 Å². The number of hydrogen-bond donors (Lipinski definition) is 1. The first-order valence-electron chi connectivity index (χ1n) is 5.42. The standard InChI is InChI=1S/C11H18ClN3/c1-4-11(5-2,6-3)15-10-9(12)13-7-8-14-10/h7-8H,4-6H2,1-3H3,(H,14,15).